The third-order valence-electron chi connectivity index (χ3n) is 4.87. The first-order valence-corrected chi connectivity index (χ1v) is 12.9. The second-order valence-electron chi connectivity index (χ2n) is 10.1. The number of hydrogen-bond donors (Lipinski definition) is 1. The van der Waals surface area contributed by atoms with Crippen molar-refractivity contribution in [2.24, 2.45) is 11.1 Å². The lowest BCUT2D eigenvalue weighted by Gasteiger charge is -2.23. The van der Waals surface area contributed by atoms with Crippen molar-refractivity contribution in [3.05, 3.63) is 23.8 Å². The topological polar surface area (TPSA) is 159 Å². The monoisotopic (exact) mass is 555 g/mol. The van der Waals surface area contributed by atoms with E-state index in [2.05, 4.69) is 0 Å². The van der Waals surface area contributed by atoms with E-state index in [4.69, 9.17) is 38.9 Å². The lowest BCUT2D eigenvalue weighted by atomic mass is 9.99. The van der Waals surface area contributed by atoms with Crippen molar-refractivity contribution >= 4 is 24.4 Å². The predicted octanol–water partition coefficient (Wildman–Crippen LogP) is 4.93. The molecular weight excluding hydrogens is 514 g/mol. The average molecular weight is 556 g/mol. The van der Waals surface area contributed by atoms with E-state index in [0.717, 1.165) is 0 Å². The number of hydrogen-bond acceptors (Lipinski definition) is 12. The molecule has 0 aliphatic heterocycles. The highest BCUT2D eigenvalue weighted by Crippen LogP contribution is 2.30. The van der Waals surface area contributed by atoms with Crippen molar-refractivity contribution in [3.8, 4) is 11.5 Å². The minimum Gasteiger partial charge on any atom is -0.458 e. The summed E-state index contributed by atoms with van der Waals surface area (Å²) in [4.78, 5) is 48.4. The van der Waals surface area contributed by atoms with Gasteiger partial charge in [-0.25, -0.2) is 14.4 Å². The van der Waals surface area contributed by atoms with Gasteiger partial charge in [0.2, 0.25) is 0 Å². The van der Waals surface area contributed by atoms with Gasteiger partial charge in [-0.1, -0.05) is 40.7 Å². The summed E-state index contributed by atoms with van der Waals surface area (Å²) in [5.41, 5.74) is 6.30. The summed E-state index contributed by atoms with van der Waals surface area (Å²) >= 11 is 0. The largest absolute Gasteiger partial charge is 0.513 e. The molecule has 0 saturated carbocycles. The average Bonchev–Trinajstić information content (AvgIpc) is 2.85. The third kappa shape index (κ3) is 13.7. The number of rotatable bonds is 13. The first-order valence-electron chi connectivity index (χ1n) is 12.9. The van der Waals surface area contributed by atoms with Crippen molar-refractivity contribution in [2.45, 2.75) is 86.0 Å². The molecule has 0 aliphatic rings. The Morgan fingerprint density at radius 2 is 1.33 bits per heavy atom. The van der Waals surface area contributed by atoms with E-state index >= 15 is 0 Å². The van der Waals surface area contributed by atoms with Crippen molar-refractivity contribution in [2.75, 3.05) is 19.8 Å². The summed E-state index contributed by atoms with van der Waals surface area (Å²) in [7, 11) is 0. The molecule has 0 amide bonds. The third-order valence-corrected chi connectivity index (χ3v) is 4.87. The van der Waals surface area contributed by atoms with Gasteiger partial charge in [0.25, 0.3) is 0 Å². The molecule has 0 saturated heterocycles. The normalized spacial score (nSPS) is 13.3. The standard InChI is InChI=1S/C27H41NO11/c1-8-12-33-24(30)38-21-11-10-19(15-22(21)39-25(31)34-13-9-2)14-20(28)23(29)36-17(3)18(4)37-26(32)35-16-27(5,6)7/h10-11,15,17-18,20H,8-9,12-14,16,28H2,1-7H3/t17-,18-,20-/m0/s1. The van der Waals surface area contributed by atoms with E-state index in [-0.39, 0.29) is 43.2 Å². The van der Waals surface area contributed by atoms with Gasteiger partial charge in [0, 0.05) is 0 Å². The second-order valence-corrected chi connectivity index (χ2v) is 10.1. The SMILES string of the molecule is CCCOC(=O)Oc1ccc(C[C@H](N)C(=O)O[C@@H](C)[C@H](C)OC(=O)OCC(C)(C)C)cc1OC(=O)OCCC. The van der Waals surface area contributed by atoms with Gasteiger partial charge < -0.3 is 38.9 Å². The second kappa shape index (κ2) is 16.4. The van der Waals surface area contributed by atoms with Crippen molar-refractivity contribution < 1.29 is 52.3 Å². The van der Waals surface area contributed by atoms with Gasteiger partial charge in [-0.3, -0.25) is 4.79 Å². The van der Waals surface area contributed by atoms with Crippen LogP contribution < -0.4 is 15.2 Å². The molecule has 3 atom stereocenters. The highest BCUT2D eigenvalue weighted by atomic mass is 16.7. The molecule has 1 aromatic rings. The Hall–Kier alpha value is -3.54. The highest BCUT2D eigenvalue weighted by Gasteiger charge is 2.26. The van der Waals surface area contributed by atoms with Gasteiger partial charge in [0.1, 0.15) is 18.2 Å². The molecule has 0 radical (unpaired) electrons. The van der Waals surface area contributed by atoms with Crippen LogP contribution in [0.15, 0.2) is 18.2 Å². The number of carbonyl (C=O) groups excluding carboxylic acids is 4. The number of nitrogens with two attached hydrogens (primary N) is 1. The van der Waals surface area contributed by atoms with Crippen LogP contribution >= 0.6 is 0 Å². The molecule has 2 N–H and O–H groups in total. The maximum Gasteiger partial charge on any atom is 0.513 e. The molecule has 39 heavy (non-hydrogen) atoms. The van der Waals surface area contributed by atoms with E-state index < -0.39 is 42.7 Å². The highest BCUT2D eigenvalue weighted by molar-refractivity contribution is 5.76. The minimum atomic E-state index is -1.10. The van der Waals surface area contributed by atoms with Gasteiger partial charge in [-0.05, 0) is 56.2 Å². The molecule has 0 bridgehead atoms. The Morgan fingerprint density at radius 3 is 1.87 bits per heavy atom. The molecule has 0 aliphatic carbocycles. The number of carbonyl (C=O) groups is 4. The first kappa shape index (κ1) is 33.5. The van der Waals surface area contributed by atoms with E-state index in [1.807, 2.05) is 34.6 Å². The number of benzene rings is 1. The first-order chi connectivity index (χ1) is 18.2. The summed E-state index contributed by atoms with van der Waals surface area (Å²) in [6, 6.07) is 3.21. The zero-order chi connectivity index (χ0) is 29.6. The molecule has 220 valence electrons. The Bertz CT molecular complexity index is 958. The minimum absolute atomic E-state index is 0.00462. The molecule has 0 aromatic heterocycles. The molecule has 12 nitrogen and oxygen atoms in total. The predicted molar refractivity (Wildman–Crippen MR) is 140 cm³/mol. The Kier molecular flexibility index (Phi) is 14.1. The number of esters is 1. The lowest BCUT2D eigenvalue weighted by Crippen LogP contribution is -2.39. The summed E-state index contributed by atoms with van der Waals surface area (Å²) in [5.74, 6) is -0.941. The smallest absolute Gasteiger partial charge is 0.458 e. The summed E-state index contributed by atoms with van der Waals surface area (Å²) in [6.45, 7) is 13.0. The zero-order valence-electron chi connectivity index (χ0n) is 23.8. The van der Waals surface area contributed by atoms with E-state index in [0.29, 0.717) is 18.4 Å². The van der Waals surface area contributed by atoms with Crippen molar-refractivity contribution in [1.29, 1.82) is 0 Å². The van der Waals surface area contributed by atoms with E-state index in [9.17, 15) is 19.2 Å². The quantitative estimate of drug-likeness (QED) is 0.199. The van der Waals surface area contributed by atoms with E-state index in [1.165, 1.54) is 12.1 Å². The van der Waals surface area contributed by atoms with Gasteiger partial charge in [0.05, 0.1) is 19.8 Å². The zero-order valence-corrected chi connectivity index (χ0v) is 23.8. The summed E-state index contributed by atoms with van der Waals surface area (Å²) in [6.07, 6.45) is -3.24. The summed E-state index contributed by atoms with van der Waals surface area (Å²) in [5, 5.41) is 0. The Morgan fingerprint density at radius 1 is 0.795 bits per heavy atom. The van der Waals surface area contributed by atoms with Crippen LogP contribution in [0.3, 0.4) is 0 Å². The molecule has 0 spiro atoms. The van der Waals surface area contributed by atoms with Crippen LogP contribution in [0.1, 0.15) is 66.9 Å². The fourth-order valence-electron chi connectivity index (χ4n) is 2.71. The van der Waals surface area contributed by atoms with Crippen LogP contribution in [0, 0.1) is 5.41 Å². The molecule has 0 fully saturated rings. The van der Waals surface area contributed by atoms with Crippen LogP contribution in [0.5, 0.6) is 11.5 Å². The fourth-order valence-corrected chi connectivity index (χ4v) is 2.71. The molecular formula is C27H41NO11. The molecule has 12 heteroatoms. The van der Waals surface area contributed by atoms with Crippen LogP contribution in [0.25, 0.3) is 0 Å². The van der Waals surface area contributed by atoms with Crippen LogP contribution in [-0.4, -0.2) is 62.5 Å². The summed E-state index contributed by atoms with van der Waals surface area (Å²) < 4.78 is 35.8. The van der Waals surface area contributed by atoms with Crippen molar-refractivity contribution in [3.63, 3.8) is 0 Å². The van der Waals surface area contributed by atoms with Gasteiger partial charge in [-0.2, -0.15) is 0 Å². The lowest BCUT2D eigenvalue weighted by molar-refractivity contribution is -0.155. The van der Waals surface area contributed by atoms with E-state index in [1.54, 1.807) is 19.9 Å². The maximum atomic E-state index is 12.6. The molecule has 1 rings (SSSR count). The molecule has 0 heterocycles. The molecule has 0 unspecified atom stereocenters. The molecule has 1 aromatic carbocycles. The Labute approximate surface area is 229 Å². The van der Waals surface area contributed by atoms with Crippen LogP contribution in [0.2, 0.25) is 0 Å². The van der Waals surface area contributed by atoms with Crippen LogP contribution in [-0.2, 0) is 34.9 Å². The fraction of sp³-hybridized carbons (Fsp3) is 0.630. The van der Waals surface area contributed by atoms with Crippen molar-refractivity contribution in [1.82, 2.24) is 0 Å². The van der Waals surface area contributed by atoms with Gasteiger partial charge in [0.15, 0.2) is 11.5 Å². The van der Waals surface area contributed by atoms with Crippen LogP contribution in [0.4, 0.5) is 14.4 Å². The van der Waals surface area contributed by atoms with Gasteiger partial charge >= 0.3 is 24.4 Å². The Balaban J connectivity index is 2.83. The maximum absolute atomic E-state index is 12.6. The van der Waals surface area contributed by atoms with Gasteiger partial charge in [-0.15, -0.1) is 0 Å². The number of ether oxygens (including phenoxy) is 7.